The summed E-state index contributed by atoms with van der Waals surface area (Å²) >= 11 is 0. The Morgan fingerprint density at radius 1 is 1.00 bits per heavy atom. The predicted molar refractivity (Wildman–Crippen MR) is 92.3 cm³/mol. The van der Waals surface area contributed by atoms with E-state index in [-0.39, 0.29) is 17.5 Å². The summed E-state index contributed by atoms with van der Waals surface area (Å²) in [5.74, 6) is 3.25. The van der Waals surface area contributed by atoms with Crippen molar-refractivity contribution in [1.82, 2.24) is 0 Å². The van der Waals surface area contributed by atoms with Gasteiger partial charge in [-0.25, -0.2) is 0 Å². The molecule has 7 atom stereocenters. The second kappa shape index (κ2) is 5.57. The third kappa shape index (κ3) is 2.29. The molecule has 24 heavy (non-hydrogen) atoms. The van der Waals surface area contributed by atoms with Gasteiger partial charge >= 0.3 is 5.97 Å². The second-order valence-corrected chi connectivity index (χ2v) is 9.62. The summed E-state index contributed by atoms with van der Waals surface area (Å²) < 4.78 is 5.73. The number of fused-ring (bicyclic) bond motifs is 5. The SMILES string of the molecule is CC(=O)O[C@@H]1CC[C@H]2[C@@H]3CC[C@H]4CC(=O)CC[C@]4(C)[C@H]3CC[C@]12C. The molecule has 0 saturated heterocycles. The van der Waals surface area contributed by atoms with Crippen molar-refractivity contribution >= 4 is 11.8 Å². The fraction of sp³-hybridized carbons (Fsp3) is 0.905. The number of ketones is 1. The van der Waals surface area contributed by atoms with E-state index in [4.69, 9.17) is 4.74 Å². The van der Waals surface area contributed by atoms with Crippen LogP contribution in [0.2, 0.25) is 0 Å². The van der Waals surface area contributed by atoms with Crippen molar-refractivity contribution in [3.8, 4) is 0 Å². The smallest absolute Gasteiger partial charge is 0.302 e. The van der Waals surface area contributed by atoms with Crippen LogP contribution >= 0.6 is 0 Å². The van der Waals surface area contributed by atoms with E-state index in [1.165, 1.54) is 32.1 Å². The molecule has 4 aliphatic carbocycles. The lowest BCUT2D eigenvalue weighted by molar-refractivity contribution is -0.162. The Morgan fingerprint density at radius 2 is 1.75 bits per heavy atom. The summed E-state index contributed by atoms with van der Waals surface area (Å²) in [5, 5.41) is 0. The first-order valence-corrected chi connectivity index (χ1v) is 10.0. The molecule has 0 bridgehead atoms. The van der Waals surface area contributed by atoms with Crippen LogP contribution in [0.4, 0.5) is 0 Å². The highest BCUT2D eigenvalue weighted by Crippen LogP contribution is 2.66. The van der Waals surface area contributed by atoms with Crippen LogP contribution < -0.4 is 0 Å². The first kappa shape index (κ1) is 16.6. The average molecular weight is 332 g/mol. The number of esters is 1. The molecule has 0 spiro atoms. The van der Waals surface area contributed by atoms with Crippen LogP contribution in [0.5, 0.6) is 0 Å². The van der Waals surface area contributed by atoms with Crippen LogP contribution in [-0.2, 0) is 14.3 Å². The van der Waals surface area contributed by atoms with Gasteiger partial charge in [0.05, 0.1) is 0 Å². The van der Waals surface area contributed by atoms with E-state index in [1.54, 1.807) is 6.92 Å². The number of Topliss-reactive ketones (excluding diaryl/α,β-unsaturated/α-hetero) is 1. The van der Waals surface area contributed by atoms with Gasteiger partial charge in [-0.3, -0.25) is 9.59 Å². The van der Waals surface area contributed by atoms with Crippen LogP contribution in [0.15, 0.2) is 0 Å². The Balaban J connectivity index is 1.58. The minimum absolute atomic E-state index is 0.120. The van der Waals surface area contributed by atoms with Crippen molar-refractivity contribution in [2.24, 2.45) is 34.5 Å². The van der Waals surface area contributed by atoms with Crippen molar-refractivity contribution in [3.05, 3.63) is 0 Å². The first-order chi connectivity index (χ1) is 11.3. The molecule has 4 fully saturated rings. The Bertz CT molecular complexity index is 555. The molecule has 4 aliphatic rings. The average Bonchev–Trinajstić information content (AvgIpc) is 2.84. The van der Waals surface area contributed by atoms with E-state index in [2.05, 4.69) is 13.8 Å². The van der Waals surface area contributed by atoms with Gasteiger partial charge in [-0.2, -0.15) is 0 Å². The molecule has 4 saturated carbocycles. The zero-order valence-electron chi connectivity index (χ0n) is 15.5. The molecule has 134 valence electrons. The number of hydrogen-bond donors (Lipinski definition) is 0. The second-order valence-electron chi connectivity index (χ2n) is 9.62. The summed E-state index contributed by atoms with van der Waals surface area (Å²) in [4.78, 5) is 23.5. The molecule has 0 amide bonds. The Morgan fingerprint density at radius 3 is 2.50 bits per heavy atom. The highest BCUT2D eigenvalue weighted by Gasteiger charge is 2.60. The van der Waals surface area contributed by atoms with Gasteiger partial charge in [-0.05, 0) is 74.0 Å². The maximum Gasteiger partial charge on any atom is 0.302 e. The number of carbonyl (C=O) groups excluding carboxylic acids is 2. The number of rotatable bonds is 1. The van der Waals surface area contributed by atoms with E-state index in [9.17, 15) is 9.59 Å². The highest BCUT2D eigenvalue weighted by atomic mass is 16.5. The Labute approximate surface area is 145 Å². The molecule has 0 aromatic rings. The largest absolute Gasteiger partial charge is 0.462 e. The van der Waals surface area contributed by atoms with Crippen molar-refractivity contribution in [1.29, 1.82) is 0 Å². The molecular formula is C21H32O3. The number of carbonyl (C=O) groups is 2. The molecule has 0 aromatic heterocycles. The van der Waals surface area contributed by atoms with Gasteiger partial charge in [0.1, 0.15) is 11.9 Å². The molecule has 0 aliphatic heterocycles. The van der Waals surface area contributed by atoms with Gasteiger partial charge in [-0.1, -0.05) is 13.8 Å². The lowest BCUT2D eigenvalue weighted by Crippen LogP contribution is -2.54. The summed E-state index contributed by atoms with van der Waals surface area (Å²) in [6, 6.07) is 0. The van der Waals surface area contributed by atoms with Gasteiger partial charge in [0.15, 0.2) is 0 Å². The normalized spacial score (nSPS) is 50.6. The molecule has 3 nitrogen and oxygen atoms in total. The maximum absolute atomic E-state index is 12.0. The van der Waals surface area contributed by atoms with Crippen molar-refractivity contribution in [3.63, 3.8) is 0 Å². The zero-order valence-corrected chi connectivity index (χ0v) is 15.5. The molecular weight excluding hydrogens is 300 g/mol. The minimum Gasteiger partial charge on any atom is -0.462 e. The number of hydrogen-bond acceptors (Lipinski definition) is 3. The molecule has 0 unspecified atom stereocenters. The third-order valence-electron chi connectivity index (χ3n) is 8.70. The van der Waals surface area contributed by atoms with Gasteiger partial charge in [-0.15, -0.1) is 0 Å². The van der Waals surface area contributed by atoms with E-state index in [0.29, 0.717) is 23.0 Å². The van der Waals surface area contributed by atoms with Crippen LogP contribution in [0.25, 0.3) is 0 Å². The van der Waals surface area contributed by atoms with Gasteiger partial charge < -0.3 is 4.74 Å². The number of ether oxygens (including phenoxy) is 1. The summed E-state index contributed by atoms with van der Waals surface area (Å²) in [6.07, 6.45) is 10.1. The summed E-state index contributed by atoms with van der Waals surface area (Å²) in [5.41, 5.74) is 0.554. The molecule has 4 rings (SSSR count). The van der Waals surface area contributed by atoms with Gasteiger partial charge in [0, 0.05) is 25.2 Å². The van der Waals surface area contributed by atoms with Gasteiger partial charge in [0.25, 0.3) is 0 Å². The van der Waals surface area contributed by atoms with Crippen molar-refractivity contribution in [2.45, 2.75) is 84.7 Å². The minimum atomic E-state index is -0.120. The van der Waals surface area contributed by atoms with Crippen molar-refractivity contribution in [2.75, 3.05) is 0 Å². The van der Waals surface area contributed by atoms with E-state index < -0.39 is 0 Å². The van der Waals surface area contributed by atoms with E-state index >= 15 is 0 Å². The standard InChI is InChI=1S/C21H32O3/c1-13(22)24-19-7-6-17-16-5-4-14-12-15(23)8-10-20(14,2)18(16)9-11-21(17,19)3/h14,16-19H,4-12H2,1-3H3/t14-,16-,17-,18-,19+,20-,21-/m0/s1. The summed E-state index contributed by atoms with van der Waals surface area (Å²) in [7, 11) is 0. The lowest BCUT2D eigenvalue weighted by Gasteiger charge is -2.60. The lowest BCUT2D eigenvalue weighted by atomic mass is 9.45. The molecule has 3 heteroatoms. The zero-order chi connectivity index (χ0) is 17.1. The van der Waals surface area contributed by atoms with E-state index in [1.807, 2.05) is 0 Å². The van der Waals surface area contributed by atoms with Crippen molar-refractivity contribution < 1.29 is 14.3 Å². The monoisotopic (exact) mass is 332 g/mol. The van der Waals surface area contributed by atoms with Crippen LogP contribution in [-0.4, -0.2) is 17.9 Å². The fourth-order valence-electron chi connectivity index (χ4n) is 7.39. The molecule has 0 radical (unpaired) electrons. The quantitative estimate of drug-likeness (QED) is 0.663. The fourth-order valence-corrected chi connectivity index (χ4v) is 7.39. The Hall–Kier alpha value is -0.860. The maximum atomic E-state index is 12.0. The van der Waals surface area contributed by atoms with Gasteiger partial charge in [0.2, 0.25) is 0 Å². The third-order valence-corrected chi connectivity index (χ3v) is 8.70. The van der Waals surface area contributed by atoms with Crippen LogP contribution in [0, 0.1) is 34.5 Å². The topological polar surface area (TPSA) is 43.4 Å². The Kier molecular flexibility index (Phi) is 3.85. The van der Waals surface area contributed by atoms with E-state index in [0.717, 1.165) is 37.5 Å². The summed E-state index contributed by atoms with van der Waals surface area (Å²) in [6.45, 7) is 6.42. The molecule has 0 N–H and O–H groups in total. The predicted octanol–water partition coefficient (Wildman–Crippen LogP) is 4.53. The molecule has 0 aromatic carbocycles. The first-order valence-electron chi connectivity index (χ1n) is 10.0. The van der Waals surface area contributed by atoms with Crippen LogP contribution in [0.1, 0.15) is 78.6 Å². The van der Waals surface area contributed by atoms with Crippen LogP contribution in [0.3, 0.4) is 0 Å². The highest BCUT2D eigenvalue weighted by molar-refractivity contribution is 5.79. The molecule has 0 heterocycles.